The second kappa shape index (κ2) is 7.32. The van der Waals surface area contributed by atoms with Crippen LogP contribution in [-0.4, -0.2) is 45.7 Å². The summed E-state index contributed by atoms with van der Waals surface area (Å²) in [4.78, 5) is 10.7. The van der Waals surface area contributed by atoms with Gasteiger partial charge in [-0.2, -0.15) is 0 Å². The third-order valence-corrected chi connectivity index (χ3v) is 5.35. The molecular weight excluding hydrogens is 296 g/mol. The lowest BCUT2D eigenvalue weighted by molar-refractivity contribution is -0.205. The van der Waals surface area contributed by atoms with Gasteiger partial charge in [-0.25, -0.2) is 4.79 Å². The number of aliphatic hydroxyl groups is 2. The molecule has 0 spiro atoms. The Morgan fingerprint density at radius 1 is 1.35 bits per heavy atom. The van der Waals surface area contributed by atoms with Crippen LogP contribution in [0.25, 0.3) is 0 Å². The molecule has 1 aliphatic carbocycles. The van der Waals surface area contributed by atoms with Crippen molar-refractivity contribution in [2.24, 2.45) is 11.3 Å². The summed E-state index contributed by atoms with van der Waals surface area (Å²) in [6, 6.07) is 0. The lowest BCUT2D eigenvalue weighted by atomic mass is 9.55. The molecule has 1 fully saturated rings. The maximum atomic E-state index is 11.3. The summed E-state index contributed by atoms with van der Waals surface area (Å²) in [5.74, 6) is -0.928. The topological polar surface area (TPSA) is 87.0 Å². The van der Waals surface area contributed by atoms with E-state index < -0.39 is 11.6 Å². The molecule has 0 bridgehead atoms. The molecule has 1 saturated carbocycles. The highest BCUT2D eigenvalue weighted by molar-refractivity contribution is 5.80. The van der Waals surface area contributed by atoms with Gasteiger partial charge in [-0.15, -0.1) is 0 Å². The van der Waals surface area contributed by atoms with Crippen LogP contribution in [0.4, 0.5) is 0 Å². The molecule has 5 heteroatoms. The summed E-state index contributed by atoms with van der Waals surface area (Å²) in [6.07, 6.45) is 3.72. The number of allylic oxidation sites excluding steroid dienone is 1. The average Bonchev–Trinajstić information content (AvgIpc) is 2.39. The number of aliphatic hydroxyl groups excluding tert-OH is 1. The molecule has 0 aromatic heterocycles. The fourth-order valence-corrected chi connectivity index (χ4v) is 4.30. The van der Waals surface area contributed by atoms with Gasteiger partial charge >= 0.3 is 5.97 Å². The zero-order valence-corrected chi connectivity index (χ0v) is 15.1. The Morgan fingerprint density at radius 3 is 2.43 bits per heavy atom. The summed E-state index contributed by atoms with van der Waals surface area (Å²) < 4.78 is 5.85. The lowest BCUT2D eigenvalue weighted by Crippen LogP contribution is -2.59. The number of carboxylic acid groups (broad SMARTS) is 1. The molecule has 0 amide bonds. The number of carboxylic acids is 1. The summed E-state index contributed by atoms with van der Waals surface area (Å²) in [6.45, 7) is 10.2. The van der Waals surface area contributed by atoms with Gasteiger partial charge in [0.15, 0.2) is 0 Å². The second-order valence-corrected chi connectivity index (χ2v) is 7.94. The van der Waals surface area contributed by atoms with Crippen molar-refractivity contribution in [3.05, 3.63) is 11.6 Å². The number of ether oxygens (including phenoxy) is 1. The molecule has 0 saturated heterocycles. The van der Waals surface area contributed by atoms with Crippen LogP contribution in [0.2, 0.25) is 0 Å². The van der Waals surface area contributed by atoms with Crippen molar-refractivity contribution in [2.75, 3.05) is 13.2 Å². The van der Waals surface area contributed by atoms with Gasteiger partial charge in [0.2, 0.25) is 0 Å². The Hall–Kier alpha value is -0.910. The van der Waals surface area contributed by atoms with Crippen molar-refractivity contribution in [3.8, 4) is 0 Å². The average molecular weight is 328 g/mol. The van der Waals surface area contributed by atoms with Crippen LogP contribution in [0.5, 0.6) is 0 Å². The van der Waals surface area contributed by atoms with Crippen molar-refractivity contribution < 1.29 is 24.9 Å². The summed E-state index contributed by atoms with van der Waals surface area (Å²) in [5.41, 5.74) is -0.830. The summed E-state index contributed by atoms with van der Waals surface area (Å²) in [5, 5.41) is 29.1. The first kappa shape index (κ1) is 20.1. The first-order valence-electron chi connectivity index (χ1n) is 8.33. The first-order valence-corrected chi connectivity index (χ1v) is 8.33. The predicted octanol–water partition coefficient (Wildman–Crippen LogP) is 2.75. The number of carbonyl (C=O) groups is 1. The molecule has 1 rings (SSSR count). The van der Waals surface area contributed by atoms with Crippen molar-refractivity contribution in [2.45, 2.75) is 71.5 Å². The highest BCUT2D eigenvalue weighted by Gasteiger charge is 2.55. The van der Waals surface area contributed by atoms with E-state index in [0.717, 1.165) is 5.57 Å². The third-order valence-electron chi connectivity index (χ3n) is 5.35. The standard InChI is InChI=1S/C18H32O5/c1-13(10-15(20)21)6-7-18(22)14(2)11-17(5,23-9-8-19)12-16(18,3)4/h10,14,19,22H,6-9,11-12H2,1-5H3,(H,20,21)/b13-10-/t14-,17?,18+/m0/s1. The Balaban J connectivity index is 2.88. The fourth-order valence-electron chi connectivity index (χ4n) is 4.30. The quantitative estimate of drug-likeness (QED) is 0.626. The van der Waals surface area contributed by atoms with Crippen LogP contribution in [-0.2, 0) is 9.53 Å². The normalized spacial score (nSPS) is 34.4. The summed E-state index contributed by atoms with van der Waals surface area (Å²) >= 11 is 0. The fraction of sp³-hybridized carbons (Fsp3) is 0.833. The lowest BCUT2D eigenvalue weighted by Gasteiger charge is -2.56. The van der Waals surface area contributed by atoms with E-state index in [4.69, 9.17) is 14.9 Å². The molecule has 134 valence electrons. The van der Waals surface area contributed by atoms with E-state index in [9.17, 15) is 9.90 Å². The molecule has 3 atom stereocenters. The molecule has 1 aliphatic rings. The van der Waals surface area contributed by atoms with Gasteiger partial charge in [0.05, 0.1) is 24.4 Å². The number of hydrogen-bond acceptors (Lipinski definition) is 4. The molecule has 0 aliphatic heterocycles. The molecule has 0 aromatic carbocycles. The van der Waals surface area contributed by atoms with Gasteiger partial charge in [0.25, 0.3) is 0 Å². The van der Waals surface area contributed by atoms with Crippen molar-refractivity contribution in [1.29, 1.82) is 0 Å². The Labute approximate surface area is 139 Å². The van der Waals surface area contributed by atoms with Gasteiger partial charge < -0.3 is 20.1 Å². The van der Waals surface area contributed by atoms with Gasteiger partial charge in [-0.3, -0.25) is 0 Å². The van der Waals surface area contributed by atoms with Gasteiger partial charge in [-0.05, 0) is 50.9 Å². The van der Waals surface area contributed by atoms with E-state index >= 15 is 0 Å². The maximum Gasteiger partial charge on any atom is 0.328 e. The van der Waals surface area contributed by atoms with Gasteiger partial charge in [0, 0.05) is 6.08 Å². The van der Waals surface area contributed by atoms with Crippen LogP contribution in [0.1, 0.15) is 60.3 Å². The monoisotopic (exact) mass is 328 g/mol. The first-order chi connectivity index (χ1) is 10.5. The molecule has 23 heavy (non-hydrogen) atoms. The minimum Gasteiger partial charge on any atom is -0.478 e. The summed E-state index contributed by atoms with van der Waals surface area (Å²) in [7, 11) is 0. The third kappa shape index (κ3) is 4.78. The highest BCUT2D eigenvalue weighted by atomic mass is 16.5. The Bertz CT molecular complexity index is 456. The van der Waals surface area contributed by atoms with E-state index in [1.807, 2.05) is 27.7 Å². The Morgan fingerprint density at radius 2 is 1.96 bits per heavy atom. The number of aliphatic carboxylic acids is 1. The minimum atomic E-state index is -0.949. The highest BCUT2D eigenvalue weighted by Crippen LogP contribution is 2.54. The van der Waals surface area contributed by atoms with E-state index in [2.05, 4.69) is 0 Å². The molecule has 0 radical (unpaired) electrons. The van der Waals surface area contributed by atoms with E-state index in [-0.39, 0.29) is 23.5 Å². The van der Waals surface area contributed by atoms with Gasteiger partial charge in [-0.1, -0.05) is 26.3 Å². The van der Waals surface area contributed by atoms with Crippen molar-refractivity contribution in [1.82, 2.24) is 0 Å². The zero-order valence-electron chi connectivity index (χ0n) is 15.1. The van der Waals surface area contributed by atoms with E-state index in [1.54, 1.807) is 6.92 Å². The predicted molar refractivity (Wildman–Crippen MR) is 89.2 cm³/mol. The molecule has 3 N–H and O–H groups in total. The second-order valence-electron chi connectivity index (χ2n) is 7.94. The molecular formula is C18H32O5. The molecule has 5 nitrogen and oxygen atoms in total. The van der Waals surface area contributed by atoms with Crippen LogP contribution >= 0.6 is 0 Å². The van der Waals surface area contributed by atoms with E-state index in [1.165, 1.54) is 6.08 Å². The van der Waals surface area contributed by atoms with Crippen LogP contribution in [0.15, 0.2) is 11.6 Å². The largest absolute Gasteiger partial charge is 0.478 e. The minimum absolute atomic E-state index is 0.00611. The van der Waals surface area contributed by atoms with Crippen LogP contribution in [0, 0.1) is 11.3 Å². The van der Waals surface area contributed by atoms with Crippen LogP contribution < -0.4 is 0 Å². The van der Waals surface area contributed by atoms with E-state index in [0.29, 0.717) is 32.3 Å². The van der Waals surface area contributed by atoms with Crippen LogP contribution in [0.3, 0.4) is 0 Å². The smallest absolute Gasteiger partial charge is 0.328 e. The number of hydrogen-bond donors (Lipinski definition) is 3. The zero-order chi connectivity index (χ0) is 17.9. The molecule has 0 aromatic rings. The van der Waals surface area contributed by atoms with Crippen molar-refractivity contribution >= 4 is 5.97 Å². The van der Waals surface area contributed by atoms with Gasteiger partial charge in [0.1, 0.15) is 0 Å². The van der Waals surface area contributed by atoms with Crippen molar-refractivity contribution in [3.63, 3.8) is 0 Å². The Kier molecular flexibility index (Phi) is 6.41. The maximum absolute atomic E-state index is 11.3. The number of rotatable bonds is 7. The SMILES string of the molecule is C/C(=C/C(=O)O)CC[C@@]1(O)[C@@H](C)CC(C)(OCCO)CC1(C)C. The molecule has 0 heterocycles. The molecule has 1 unspecified atom stereocenters.